The molecule has 3 N–H and O–H groups in total. The number of fused-ring (bicyclic) bond motifs is 1. The first-order valence-corrected chi connectivity index (χ1v) is 8.50. The van der Waals surface area contributed by atoms with E-state index in [4.69, 9.17) is 0 Å². The molecule has 140 valence electrons. The fourth-order valence-corrected chi connectivity index (χ4v) is 2.73. The first-order chi connectivity index (χ1) is 12.8. The van der Waals surface area contributed by atoms with Crippen molar-refractivity contribution in [2.75, 3.05) is 5.32 Å². The number of benzene rings is 2. The lowest BCUT2D eigenvalue weighted by Crippen LogP contribution is -2.30. The molecule has 0 aliphatic carbocycles. The summed E-state index contributed by atoms with van der Waals surface area (Å²) < 4.78 is 26.6. The number of aromatic nitrogens is 2. The molecule has 1 heterocycles. The van der Waals surface area contributed by atoms with Crippen molar-refractivity contribution in [3.8, 4) is 0 Å². The van der Waals surface area contributed by atoms with Gasteiger partial charge in [-0.3, -0.25) is 9.89 Å². The monoisotopic (exact) mass is 370 g/mol. The predicted octanol–water partition coefficient (Wildman–Crippen LogP) is 3.99. The number of amides is 1. The minimum Gasteiger partial charge on any atom is -0.381 e. The Morgan fingerprint density at radius 3 is 2.56 bits per heavy atom. The van der Waals surface area contributed by atoms with Crippen LogP contribution in [-0.4, -0.2) is 22.1 Å². The number of carbonyl (C=O) groups excluding carboxylic acids is 1. The maximum absolute atomic E-state index is 13.3. The lowest BCUT2D eigenvalue weighted by atomic mass is 10.1. The molecule has 0 aliphatic rings. The number of nitrogens with one attached hydrogen (secondary N) is 3. The Kier molecular flexibility index (Phi) is 5.21. The second-order valence-corrected chi connectivity index (χ2v) is 6.57. The molecule has 27 heavy (non-hydrogen) atoms. The van der Waals surface area contributed by atoms with Gasteiger partial charge in [-0.05, 0) is 49.7 Å². The van der Waals surface area contributed by atoms with E-state index in [2.05, 4.69) is 27.4 Å². The highest BCUT2D eigenvalue weighted by atomic mass is 19.1. The molecule has 0 atom stereocenters. The maximum atomic E-state index is 13.3. The summed E-state index contributed by atoms with van der Waals surface area (Å²) in [5.41, 5.74) is 2.70. The average Bonchev–Trinajstić information content (AvgIpc) is 3.01. The summed E-state index contributed by atoms with van der Waals surface area (Å²) in [5.74, 6) is -1.52. The lowest BCUT2D eigenvalue weighted by Gasteiger charge is -2.10. The number of anilines is 1. The number of H-pyrrole nitrogens is 1. The molecular weight excluding hydrogens is 350 g/mol. The van der Waals surface area contributed by atoms with E-state index in [0.717, 1.165) is 22.7 Å². The molecule has 2 aromatic carbocycles. The molecule has 0 unspecified atom stereocenters. The van der Waals surface area contributed by atoms with Crippen molar-refractivity contribution in [3.05, 3.63) is 65.9 Å². The number of carbonyl (C=O) groups is 1. The first kappa shape index (κ1) is 18.6. The minimum atomic E-state index is -0.619. The van der Waals surface area contributed by atoms with Gasteiger partial charge in [-0.1, -0.05) is 6.58 Å². The van der Waals surface area contributed by atoms with Gasteiger partial charge in [0.1, 0.15) is 17.3 Å². The summed E-state index contributed by atoms with van der Waals surface area (Å²) in [5, 5.41) is 13.7. The highest BCUT2D eigenvalue weighted by molar-refractivity contribution is 6.21. The largest absolute Gasteiger partial charge is 0.381 e. The van der Waals surface area contributed by atoms with Crippen LogP contribution in [0.4, 0.5) is 14.5 Å². The van der Waals surface area contributed by atoms with Gasteiger partial charge in [0.15, 0.2) is 0 Å². The summed E-state index contributed by atoms with van der Waals surface area (Å²) in [4.78, 5) is 12.2. The van der Waals surface area contributed by atoms with Crippen molar-refractivity contribution >= 4 is 28.1 Å². The van der Waals surface area contributed by atoms with Gasteiger partial charge in [0.25, 0.3) is 5.91 Å². The van der Waals surface area contributed by atoms with Gasteiger partial charge >= 0.3 is 0 Å². The maximum Gasteiger partial charge on any atom is 0.253 e. The molecule has 3 rings (SSSR count). The molecule has 1 amide bonds. The predicted molar refractivity (Wildman–Crippen MR) is 102 cm³/mol. The van der Waals surface area contributed by atoms with Crippen LogP contribution in [-0.2, 0) is 11.3 Å². The fourth-order valence-electron chi connectivity index (χ4n) is 2.73. The van der Waals surface area contributed by atoms with Crippen molar-refractivity contribution in [1.29, 1.82) is 0 Å². The van der Waals surface area contributed by atoms with E-state index >= 15 is 0 Å². The summed E-state index contributed by atoms with van der Waals surface area (Å²) >= 11 is 0. The fraction of sp³-hybridized carbons (Fsp3) is 0.200. The molecule has 7 heteroatoms. The van der Waals surface area contributed by atoms with Crippen LogP contribution in [0.3, 0.4) is 0 Å². The topological polar surface area (TPSA) is 69.8 Å². The van der Waals surface area contributed by atoms with Crippen molar-refractivity contribution in [2.24, 2.45) is 0 Å². The van der Waals surface area contributed by atoms with Crippen LogP contribution in [0.5, 0.6) is 0 Å². The molecule has 3 aromatic rings. The van der Waals surface area contributed by atoms with E-state index in [1.807, 2.05) is 32.0 Å². The Hall–Kier alpha value is -3.22. The summed E-state index contributed by atoms with van der Waals surface area (Å²) in [6.07, 6.45) is 0. The highest BCUT2D eigenvalue weighted by Gasteiger charge is 2.16. The highest BCUT2D eigenvalue weighted by Crippen LogP contribution is 2.25. The summed E-state index contributed by atoms with van der Waals surface area (Å²) in [6, 6.07) is 8.82. The third-order valence-corrected chi connectivity index (χ3v) is 3.96. The standard InChI is InChI=1S/C20H20F2N4O/c1-11(2)24-20(27)12(3)19-17-9-16(4-5-18(17)25-26-19)23-10-13-6-14(21)8-15(22)7-13/h4-9,11,23H,3,10H2,1-2H3,(H,24,27)(H,25,26). The van der Waals surface area contributed by atoms with E-state index in [1.54, 1.807) is 0 Å². The van der Waals surface area contributed by atoms with Gasteiger partial charge < -0.3 is 10.6 Å². The number of hydrogen-bond donors (Lipinski definition) is 3. The third kappa shape index (κ3) is 4.31. The van der Waals surface area contributed by atoms with Crippen LogP contribution >= 0.6 is 0 Å². The zero-order valence-corrected chi connectivity index (χ0v) is 15.1. The van der Waals surface area contributed by atoms with Crippen LogP contribution in [0, 0.1) is 11.6 Å². The first-order valence-electron chi connectivity index (χ1n) is 8.50. The molecule has 0 spiro atoms. The average molecular weight is 370 g/mol. The molecule has 0 aliphatic heterocycles. The number of aromatic amines is 1. The Labute approximate surface area is 155 Å². The van der Waals surface area contributed by atoms with Gasteiger partial charge in [-0.15, -0.1) is 0 Å². The van der Waals surface area contributed by atoms with E-state index in [-0.39, 0.29) is 24.1 Å². The molecule has 1 aromatic heterocycles. The van der Waals surface area contributed by atoms with Gasteiger partial charge in [-0.25, -0.2) is 8.78 Å². The Bertz CT molecular complexity index is 990. The van der Waals surface area contributed by atoms with Crippen LogP contribution < -0.4 is 10.6 Å². The number of halogens is 2. The zero-order chi connectivity index (χ0) is 19.6. The van der Waals surface area contributed by atoms with Crippen LogP contribution in [0.2, 0.25) is 0 Å². The lowest BCUT2D eigenvalue weighted by molar-refractivity contribution is -0.116. The normalized spacial score (nSPS) is 11.0. The Balaban J connectivity index is 1.82. The SMILES string of the molecule is C=C(C(=O)NC(C)C)c1n[nH]c2ccc(NCc3cc(F)cc(F)c3)cc12. The van der Waals surface area contributed by atoms with Gasteiger partial charge in [0.05, 0.1) is 11.1 Å². The molecule has 0 fully saturated rings. The molecular formula is C20H20F2N4O. The smallest absolute Gasteiger partial charge is 0.253 e. The molecule has 5 nitrogen and oxygen atoms in total. The number of hydrogen-bond acceptors (Lipinski definition) is 3. The Morgan fingerprint density at radius 1 is 1.19 bits per heavy atom. The van der Waals surface area contributed by atoms with Crippen molar-refractivity contribution in [2.45, 2.75) is 26.4 Å². The Morgan fingerprint density at radius 2 is 1.89 bits per heavy atom. The zero-order valence-electron chi connectivity index (χ0n) is 15.1. The second-order valence-electron chi connectivity index (χ2n) is 6.57. The van der Waals surface area contributed by atoms with E-state index in [1.165, 1.54) is 12.1 Å². The van der Waals surface area contributed by atoms with Crippen LogP contribution in [0.1, 0.15) is 25.1 Å². The molecule has 0 saturated carbocycles. The van der Waals surface area contributed by atoms with Crippen molar-refractivity contribution in [3.63, 3.8) is 0 Å². The molecule has 0 radical (unpaired) electrons. The molecule has 0 saturated heterocycles. The minimum absolute atomic E-state index is 0.0108. The van der Waals surface area contributed by atoms with Crippen molar-refractivity contribution < 1.29 is 13.6 Å². The number of nitrogens with zero attached hydrogens (tertiary/aromatic N) is 1. The third-order valence-electron chi connectivity index (χ3n) is 3.96. The van der Waals surface area contributed by atoms with E-state index in [9.17, 15) is 13.6 Å². The van der Waals surface area contributed by atoms with Crippen LogP contribution in [0.25, 0.3) is 16.5 Å². The number of rotatable bonds is 6. The quantitative estimate of drug-likeness (QED) is 0.575. The van der Waals surface area contributed by atoms with Crippen LogP contribution in [0.15, 0.2) is 43.0 Å². The van der Waals surface area contributed by atoms with Gasteiger partial charge in [0, 0.05) is 29.7 Å². The van der Waals surface area contributed by atoms with E-state index < -0.39 is 11.6 Å². The summed E-state index contributed by atoms with van der Waals surface area (Å²) in [6.45, 7) is 7.83. The van der Waals surface area contributed by atoms with E-state index in [0.29, 0.717) is 11.3 Å². The summed E-state index contributed by atoms with van der Waals surface area (Å²) in [7, 11) is 0. The van der Waals surface area contributed by atoms with Gasteiger partial charge in [-0.2, -0.15) is 5.10 Å². The van der Waals surface area contributed by atoms with Gasteiger partial charge in [0.2, 0.25) is 0 Å². The molecule has 0 bridgehead atoms. The van der Waals surface area contributed by atoms with Crippen molar-refractivity contribution in [1.82, 2.24) is 15.5 Å². The second kappa shape index (κ2) is 7.57.